The Labute approximate surface area is 166 Å². The minimum Gasteiger partial charge on any atom is -0.497 e. The van der Waals surface area contributed by atoms with E-state index in [0.29, 0.717) is 30.3 Å². The number of methoxy groups -OCH3 is 2. The van der Waals surface area contributed by atoms with Gasteiger partial charge in [-0.15, -0.1) is 0 Å². The predicted molar refractivity (Wildman–Crippen MR) is 108 cm³/mol. The second-order valence-corrected chi connectivity index (χ2v) is 7.95. The molecule has 1 amide bonds. The number of amides is 1. The van der Waals surface area contributed by atoms with Gasteiger partial charge in [-0.2, -0.15) is 4.31 Å². The van der Waals surface area contributed by atoms with Crippen LogP contribution in [-0.4, -0.2) is 45.9 Å². The standard InChI is InChI=1S/C20H26N2O5S/c1-5-22(6-2)28(24,25)18-11-8-16(9-12-18)21-20(23)13-15-7-10-17(26-3)14-19(15)27-4/h7-12,14H,5-6,13H2,1-4H3,(H,21,23). The van der Waals surface area contributed by atoms with Crippen molar-refractivity contribution in [2.45, 2.75) is 25.2 Å². The molecule has 28 heavy (non-hydrogen) atoms. The van der Waals surface area contributed by atoms with Gasteiger partial charge < -0.3 is 14.8 Å². The van der Waals surface area contributed by atoms with E-state index in [1.54, 1.807) is 51.3 Å². The van der Waals surface area contributed by atoms with Crippen molar-refractivity contribution in [2.75, 3.05) is 32.6 Å². The van der Waals surface area contributed by atoms with Crippen LogP contribution in [0.3, 0.4) is 0 Å². The molecule has 0 aliphatic rings. The average molecular weight is 407 g/mol. The van der Waals surface area contributed by atoms with Gasteiger partial charge in [-0.25, -0.2) is 8.42 Å². The van der Waals surface area contributed by atoms with Crippen LogP contribution in [0.2, 0.25) is 0 Å². The number of hydrogen-bond donors (Lipinski definition) is 1. The highest BCUT2D eigenvalue weighted by Gasteiger charge is 2.21. The zero-order valence-electron chi connectivity index (χ0n) is 16.6. The van der Waals surface area contributed by atoms with Crippen molar-refractivity contribution < 1.29 is 22.7 Å². The van der Waals surface area contributed by atoms with E-state index < -0.39 is 10.0 Å². The number of ether oxygens (including phenoxy) is 2. The Kier molecular flexibility index (Phi) is 7.42. The van der Waals surface area contributed by atoms with Gasteiger partial charge in [-0.05, 0) is 30.3 Å². The van der Waals surface area contributed by atoms with Crippen molar-refractivity contribution in [3.8, 4) is 11.5 Å². The molecule has 0 bridgehead atoms. The topological polar surface area (TPSA) is 84.9 Å². The maximum Gasteiger partial charge on any atom is 0.243 e. The Morgan fingerprint density at radius 2 is 1.64 bits per heavy atom. The van der Waals surface area contributed by atoms with Crippen molar-refractivity contribution in [3.63, 3.8) is 0 Å². The summed E-state index contributed by atoms with van der Waals surface area (Å²) >= 11 is 0. The number of carbonyl (C=O) groups excluding carboxylic acids is 1. The van der Waals surface area contributed by atoms with E-state index in [2.05, 4.69) is 5.32 Å². The van der Waals surface area contributed by atoms with Gasteiger partial charge in [0.1, 0.15) is 11.5 Å². The van der Waals surface area contributed by atoms with Gasteiger partial charge >= 0.3 is 0 Å². The summed E-state index contributed by atoms with van der Waals surface area (Å²) in [6.07, 6.45) is 0.118. The van der Waals surface area contributed by atoms with E-state index in [1.165, 1.54) is 23.5 Å². The van der Waals surface area contributed by atoms with Gasteiger partial charge in [-0.1, -0.05) is 19.9 Å². The first-order valence-electron chi connectivity index (χ1n) is 8.96. The fraction of sp³-hybridized carbons (Fsp3) is 0.350. The molecule has 2 aromatic rings. The van der Waals surface area contributed by atoms with Crippen molar-refractivity contribution in [3.05, 3.63) is 48.0 Å². The average Bonchev–Trinajstić information content (AvgIpc) is 2.69. The number of nitrogens with zero attached hydrogens (tertiary/aromatic N) is 1. The lowest BCUT2D eigenvalue weighted by atomic mass is 10.1. The van der Waals surface area contributed by atoms with Crippen LogP contribution in [0.5, 0.6) is 11.5 Å². The summed E-state index contributed by atoms with van der Waals surface area (Å²) in [5.41, 5.74) is 1.25. The second kappa shape index (κ2) is 9.57. The summed E-state index contributed by atoms with van der Waals surface area (Å²) in [6.45, 7) is 4.40. The van der Waals surface area contributed by atoms with Crippen molar-refractivity contribution >= 4 is 21.6 Å². The minimum absolute atomic E-state index is 0.118. The van der Waals surface area contributed by atoms with Gasteiger partial charge in [0.2, 0.25) is 15.9 Å². The first-order chi connectivity index (χ1) is 13.3. The fourth-order valence-electron chi connectivity index (χ4n) is 2.80. The molecule has 1 N–H and O–H groups in total. The summed E-state index contributed by atoms with van der Waals surface area (Å²) in [6, 6.07) is 11.4. The van der Waals surface area contributed by atoms with E-state index in [4.69, 9.17) is 9.47 Å². The Morgan fingerprint density at radius 1 is 1.00 bits per heavy atom. The predicted octanol–water partition coefficient (Wildman–Crippen LogP) is 2.92. The normalized spacial score (nSPS) is 11.3. The van der Waals surface area contributed by atoms with Crippen molar-refractivity contribution in [2.24, 2.45) is 0 Å². The molecular weight excluding hydrogens is 380 g/mol. The maximum absolute atomic E-state index is 12.5. The van der Waals surface area contributed by atoms with E-state index in [0.717, 1.165) is 5.56 Å². The van der Waals surface area contributed by atoms with E-state index >= 15 is 0 Å². The molecule has 0 aliphatic carbocycles. The van der Waals surface area contributed by atoms with Crippen LogP contribution >= 0.6 is 0 Å². The molecule has 0 atom stereocenters. The minimum atomic E-state index is -3.52. The molecule has 7 nitrogen and oxygen atoms in total. The van der Waals surface area contributed by atoms with Crippen LogP contribution in [0.4, 0.5) is 5.69 Å². The first kappa shape index (κ1) is 21.7. The molecule has 0 saturated carbocycles. The van der Waals surface area contributed by atoms with Crippen LogP contribution in [0.1, 0.15) is 19.4 Å². The number of benzene rings is 2. The Balaban J connectivity index is 2.09. The molecule has 0 radical (unpaired) electrons. The van der Waals surface area contributed by atoms with Crippen LogP contribution in [-0.2, 0) is 21.2 Å². The Bertz CT molecular complexity index is 907. The van der Waals surface area contributed by atoms with Crippen molar-refractivity contribution in [1.82, 2.24) is 4.31 Å². The number of rotatable bonds is 9. The number of hydrogen-bond acceptors (Lipinski definition) is 5. The van der Waals surface area contributed by atoms with Crippen LogP contribution in [0, 0.1) is 0 Å². The van der Waals surface area contributed by atoms with E-state index in [-0.39, 0.29) is 17.2 Å². The first-order valence-corrected chi connectivity index (χ1v) is 10.4. The molecule has 152 valence electrons. The molecule has 0 fully saturated rings. The van der Waals surface area contributed by atoms with Crippen LogP contribution < -0.4 is 14.8 Å². The molecule has 2 aromatic carbocycles. The van der Waals surface area contributed by atoms with Gasteiger partial charge in [0.15, 0.2) is 0 Å². The van der Waals surface area contributed by atoms with Gasteiger partial charge in [0.05, 0.1) is 25.5 Å². The molecule has 0 heterocycles. The third-order valence-corrected chi connectivity index (χ3v) is 6.39. The highest BCUT2D eigenvalue weighted by Crippen LogP contribution is 2.25. The quantitative estimate of drug-likeness (QED) is 0.692. The second-order valence-electron chi connectivity index (χ2n) is 6.02. The van der Waals surface area contributed by atoms with Gasteiger partial charge in [0.25, 0.3) is 0 Å². The number of carbonyl (C=O) groups is 1. The number of anilines is 1. The summed E-state index contributed by atoms with van der Waals surface area (Å²) in [4.78, 5) is 12.6. The van der Waals surface area contributed by atoms with Gasteiger partial charge in [-0.3, -0.25) is 4.79 Å². The Hall–Kier alpha value is -2.58. The number of nitrogens with one attached hydrogen (secondary N) is 1. The summed E-state index contributed by atoms with van der Waals surface area (Å²) < 4.78 is 36.9. The van der Waals surface area contributed by atoms with Crippen LogP contribution in [0.15, 0.2) is 47.4 Å². The number of sulfonamides is 1. The molecule has 0 spiro atoms. The fourth-order valence-corrected chi connectivity index (χ4v) is 4.26. The van der Waals surface area contributed by atoms with Crippen LogP contribution in [0.25, 0.3) is 0 Å². The lowest BCUT2D eigenvalue weighted by Crippen LogP contribution is -2.30. The van der Waals surface area contributed by atoms with Crippen molar-refractivity contribution in [1.29, 1.82) is 0 Å². The monoisotopic (exact) mass is 406 g/mol. The molecular formula is C20H26N2O5S. The maximum atomic E-state index is 12.5. The summed E-state index contributed by atoms with van der Waals surface area (Å²) in [5, 5.41) is 2.77. The summed E-state index contributed by atoms with van der Waals surface area (Å²) in [5.74, 6) is 0.976. The lowest BCUT2D eigenvalue weighted by molar-refractivity contribution is -0.115. The molecule has 8 heteroatoms. The smallest absolute Gasteiger partial charge is 0.243 e. The van der Waals surface area contributed by atoms with Gasteiger partial charge in [0, 0.05) is 30.4 Å². The zero-order valence-corrected chi connectivity index (χ0v) is 17.4. The molecule has 0 aromatic heterocycles. The molecule has 0 saturated heterocycles. The third kappa shape index (κ3) is 5.02. The highest BCUT2D eigenvalue weighted by molar-refractivity contribution is 7.89. The van der Waals surface area contributed by atoms with E-state index in [1.807, 2.05) is 0 Å². The molecule has 2 rings (SSSR count). The third-order valence-electron chi connectivity index (χ3n) is 4.33. The molecule has 0 unspecified atom stereocenters. The van der Waals surface area contributed by atoms with E-state index in [9.17, 15) is 13.2 Å². The molecule has 0 aliphatic heterocycles. The lowest BCUT2D eigenvalue weighted by Gasteiger charge is -2.18. The SMILES string of the molecule is CCN(CC)S(=O)(=O)c1ccc(NC(=O)Cc2ccc(OC)cc2OC)cc1. The Morgan fingerprint density at radius 3 is 2.18 bits per heavy atom. The largest absolute Gasteiger partial charge is 0.497 e. The summed E-state index contributed by atoms with van der Waals surface area (Å²) in [7, 11) is -0.425. The highest BCUT2D eigenvalue weighted by atomic mass is 32.2. The zero-order chi connectivity index (χ0) is 20.7.